The minimum absolute atomic E-state index is 0.0672. The van der Waals surface area contributed by atoms with Crippen LogP contribution < -0.4 is 0 Å². The van der Waals surface area contributed by atoms with E-state index in [0.29, 0.717) is 0 Å². The number of methoxy groups -OCH3 is 1. The van der Waals surface area contributed by atoms with Crippen LogP contribution in [-0.4, -0.2) is 29.6 Å². The molecule has 0 heterocycles. The molecule has 2 unspecified atom stereocenters. The number of nitro benzene ring substituents is 1. The van der Waals surface area contributed by atoms with Gasteiger partial charge in [-0.25, -0.2) is 4.79 Å². The molecule has 29 heavy (non-hydrogen) atoms. The SMILES string of the molecule is C=C(C(=O)OC)C(c1cc(Cl)ccc1[N+](=O)[O-])C(C(C)=O)C(=O)c1ccccc1. The standard InChI is InChI=1S/C21H18ClNO6/c1-12(21(26)29-3)18(16-11-15(22)9-10-17(16)23(27)28)19(13(2)24)20(25)14-7-5-4-6-8-14/h4-11,18-19H,1H2,2-3H3. The van der Waals surface area contributed by atoms with Crippen molar-refractivity contribution in [2.45, 2.75) is 12.8 Å². The maximum Gasteiger partial charge on any atom is 0.333 e. The highest BCUT2D eigenvalue weighted by Gasteiger charge is 2.41. The molecule has 0 aliphatic rings. The summed E-state index contributed by atoms with van der Waals surface area (Å²) in [4.78, 5) is 48.8. The molecular weight excluding hydrogens is 398 g/mol. The maximum absolute atomic E-state index is 13.2. The molecule has 2 aromatic carbocycles. The van der Waals surface area contributed by atoms with Gasteiger partial charge in [-0.15, -0.1) is 0 Å². The smallest absolute Gasteiger partial charge is 0.333 e. The van der Waals surface area contributed by atoms with E-state index in [9.17, 15) is 24.5 Å². The highest BCUT2D eigenvalue weighted by atomic mass is 35.5. The fourth-order valence-corrected chi connectivity index (χ4v) is 3.30. The largest absolute Gasteiger partial charge is 0.466 e. The Labute approximate surface area is 172 Å². The van der Waals surface area contributed by atoms with E-state index in [1.165, 1.54) is 31.2 Å². The average molecular weight is 416 g/mol. The van der Waals surface area contributed by atoms with E-state index in [1.807, 2.05) is 0 Å². The molecule has 0 spiro atoms. The Bertz CT molecular complexity index is 986. The topological polar surface area (TPSA) is 104 Å². The van der Waals surface area contributed by atoms with Gasteiger partial charge in [0, 0.05) is 33.7 Å². The number of nitrogens with zero attached hydrogens (tertiary/aromatic N) is 1. The Hall–Kier alpha value is -3.32. The Kier molecular flexibility index (Phi) is 7.01. The van der Waals surface area contributed by atoms with E-state index in [-0.39, 0.29) is 21.7 Å². The number of hydrogen-bond donors (Lipinski definition) is 0. The molecule has 0 fully saturated rings. The molecule has 0 N–H and O–H groups in total. The van der Waals surface area contributed by atoms with Crippen molar-refractivity contribution in [2.24, 2.45) is 5.92 Å². The van der Waals surface area contributed by atoms with Crippen molar-refractivity contribution in [1.29, 1.82) is 0 Å². The molecule has 2 atom stereocenters. The lowest BCUT2D eigenvalue weighted by atomic mass is 9.75. The van der Waals surface area contributed by atoms with Gasteiger partial charge in [0.15, 0.2) is 5.78 Å². The van der Waals surface area contributed by atoms with E-state index in [4.69, 9.17) is 16.3 Å². The van der Waals surface area contributed by atoms with E-state index in [0.717, 1.165) is 13.2 Å². The third kappa shape index (κ3) is 4.75. The number of Topliss-reactive ketones (excluding diaryl/α,β-unsaturated/α-hetero) is 2. The van der Waals surface area contributed by atoms with Crippen LogP contribution in [0.25, 0.3) is 0 Å². The summed E-state index contributed by atoms with van der Waals surface area (Å²) in [6, 6.07) is 11.7. The Morgan fingerprint density at radius 3 is 2.28 bits per heavy atom. The fourth-order valence-electron chi connectivity index (χ4n) is 3.12. The van der Waals surface area contributed by atoms with Crippen molar-refractivity contribution in [2.75, 3.05) is 7.11 Å². The number of nitro groups is 1. The third-order valence-electron chi connectivity index (χ3n) is 4.46. The quantitative estimate of drug-likeness (QED) is 0.160. The van der Waals surface area contributed by atoms with Gasteiger partial charge < -0.3 is 4.74 Å². The summed E-state index contributed by atoms with van der Waals surface area (Å²) in [6.07, 6.45) is 0. The summed E-state index contributed by atoms with van der Waals surface area (Å²) < 4.78 is 4.70. The van der Waals surface area contributed by atoms with Crippen LogP contribution in [0.4, 0.5) is 5.69 Å². The highest BCUT2D eigenvalue weighted by molar-refractivity contribution is 6.30. The van der Waals surface area contributed by atoms with E-state index in [1.54, 1.807) is 18.2 Å². The first-order valence-electron chi connectivity index (χ1n) is 8.49. The van der Waals surface area contributed by atoms with Crippen LogP contribution >= 0.6 is 11.6 Å². The van der Waals surface area contributed by atoms with Crippen molar-refractivity contribution < 1.29 is 24.0 Å². The van der Waals surface area contributed by atoms with Crippen molar-refractivity contribution in [3.63, 3.8) is 0 Å². The van der Waals surface area contributed by atoms with Crippen molar-refractivity contribution in [3.8, 4) is 0 Å². The molecule has 0 saturated carbocycles. The van der Waals surface area contributed by atoms with Crippen LogP contribution in [0.1, 0.15) is 28.8 Å². The van der Waals surface area contributed by atoms with Gasteiger partial charge in [0.05, 0.1) is 18.0 Å². The molecule has 150 valence electrons. The average Bonchev–Trinajstić information content (AvgIpc) is 2.70. The number of halogens is 1. The number of benzene rings is 2. The maximum atomic E-state index is 13.2. The molecule has 0 saturated heterocycles. The first-order valence-corrected chi connectivity index (χ1v) is 8.87. The summed E-state index contributed by atoms with van der Waals surface area (Å²) in [5, 5.41) is 11.7. The summed E-state index contributed by atoms with van der Waals surface area (Å²) in [5.74, 6) is -4.82. The van der Waals surface area contributed by atoms with Gasteiger partial charge in [-0.2, -0.15) is 0 Å². The normalized spacial score (nSPS) is 12.5. The lowest BCUT2D eigenvalue weighted by Gasteiger charge is -2.25. The first-order chi connectivity index (χ1) is 13.7. The Morgan fingerprint density at radius 2 is 1.76 bits per heavy atom. The molecular formula is C21H18ClNO6. The van der Waals surface area contributed by atoms with E-state index >= 15 is 0 Å². The lowest BCUT2D eigenvalue weighted by Crippen LogP contribution is -2.32. The van der Waals surface area contributed by atoms with Gasteiger partial charge in [-0.05, 0) is 19.1 Å². The van der Waals surface area contributed by atoms with E-state index < -0.39 is 40.0 Å². The minimum Gasteiger partial charge on any atom is -0.466 e. The second kappa shape index (κ2) is 9.25. The molecule has 8 heteroatoms. The van der Waals surface area contributed by atoms with Gasteiger partial charge in [-0.3, -0.25) is 19.7 Å². The first kappa shape index (κ1) is 22.0. The van der Waals surface area contributed by atoms with Crippen molar-refractivity contribution in [1.82, 2.24) is 0 Å². The zero-order valence-corrected chi connectivity index (χ0v) is 16.5. The molecule has 0 radical (unpaired) electrons. The van der Waals surface area contributed by atoms with Gasteiger partial charge in [-0.1, -0.05) is 48.5 Å². The molecule has 0 bridgehead atoms. The molecule has 7 nitrogen and oxygen atoms in total. The fraction of sp³-hybridized carbons (Fsp3) is 0.190. The zero-order chi connectivity index (χ0) is 21.7. The van der Waals surface area contributed by atoms with Gasteiger partial charge >= 0.3 is 5.97 Å². The molecule has 0 amide bonds. The number of ether oxygens (including phenoxy) is 1. The molecule has 2 aromatic rings. The number of hydrogen-bond acceptors (Lipinski definition) is 6. The zero-order valence-electron chi connectivity index (χ0n) is 15.8. The summed E-state index contributed by atoms with van der Waals surface area (Å²) in [6.45, 7) is 4.85. The van der Waals surface area contributed by atoms with Crippen LogP contribution in [0.2, 0.25) is 5.02 Å². The molecule has 0 aliphatic heterocycles. The molecule has 0 aliphatic carbocycles. The van der Waals surface area contributed by atoms with Gasteiger partial charge in [0.1, 0.15) is 5.78 Å². The van der Waals surface area contributed by atoms with Gasteiger partial charge in [0.25, 0.3) is 5.69 Å². The Morgan fingerprint density at radius 1 is 1.14 bits per heavy atom. The lowest BCUT2D eigenvalue weighted by molar-refractivity contribution is -0.385. The predicted octanol–water partition coefficient (Wildman–Crippen LogP) is 4.15. The number of carbonyl (C=O) groups is 3. The van der Waals surface area contributed by atoms with Crippen molar-refractivity contribution in [3.05, 3.63) is 86.9 Å². The van der Waals surface area contributed by atoms with Crippen LogP contribution in [-0.2, 0) is 14.3 Å². The third-order valence-corrected chi connectivity index (χ3v) is 4.69. The van der Waals surface area contributed by atoms with E-state index in [2.05, 4.69) is 6.58 Å². The summed E-state index contributed by atoms with van der Waals surface area (Å²) in [5.41, 5.74) is -0.499. The number of ketones is 2. The Balaban J connectivity index is 2.76. The summed E-state index contributed by atoms with van der Waals surface area (Å²) >= 11 is 6.03. The monoisotopic (exact) mass is 415 g/mol. The number of esters is 1. The summed E-state index contributed by atoms with van der Waals surface area (Å²) in [7, 11) is 1.11. The number of carbonyl (C=O) groups excluding carboxylic acids is 3. The molecule has 0 aromatic heterocycles. The number of rotatable bonds is 8. The van der Waals surface area contributed by atoms with Crippen LogP contribution in [0.3, 0.4) is 0 Å². The van der Waals surface area contributed by atoms with Crippen molar-refractivity contribution >= 4 is 34.8 Å². The van der Waals surface area contributed by atoms with Crippen LogP contribution in [0.15, 0.2) is 60.7 Å². The van der Waals surface area contributed by atoms with Crippen LogP contribution in [0.5, 0.6) is 0 Å². The second-order valence-electron chi connectivity index (χ2n) is 6.27. The predicted molar refractivity (Wildman–Crippen MR) is 107 cm³/mol. The molecule has 2 rings (SSSR count). The highest BCUT2D eigenvalue weighted by Crippen LogP contribution is 2.40. The van der Waals surface area contributed by atoms with Crippen LogP contribution in [0, 0.1) is 16.0 Å². The minimum atomic E-state index is -1.43. The second-order valence-corrected chi connectivity index (χ2v) is 6.71. The van der Waals surface area contributed by atoms with Gasteiger partial charge in [0.2, 0.25) is 0 Å².